The summed E-state index contributed by atoms with van der Waals surface area (Å²) in [6, 6.07) is 2.13. The molecule has 0 radical (unpaired) electrons. The van der Waals surface area contributed by atoms with Crippen LogP contribution in [0.5, 0.6) is 0 Å². The van der Waals surface area contributed by atoms with Crippen LogP contribution in [0.25, 0.3) is 11.0 Å². The van der Waals surface area contributed by atoms with E-state index in [4.69, 9.17) is 4.98 Å². The molecule has 0 bridgehead atoms. The number of carbonyl (C=O) groups excluding carboxylic acids is 1. The van der Waals surface area contributed by atoms with Gasteiger partial charge in [0.15, 0.2) is 0 Å². The zero-order valence-electron chi connectivity index (χ0n) is 20.6. The summed E-state index contributed by atoms with van der Waals surface area (Å²) in [5, 5.41) is 7.38. The lowest BCUT2D eigenvalue weighted by Crippen LogP contribution is -2.48. The zero-order chi connectivity index (χ0) is 23.7. The van der Waals surface area contributed by atoms with Gasteiger partial charge in [-0.25, -0.2) is 9.78 Å². The molecule has 1 saturated heterocycles. The average molecular weight is 455 g/mol. The summed E-state index contributed by atoms with van der Waals surface area (Å²) in [7, 11) is 0. The number of nitrogens with zero attached hydrogens (tertiary/aromatic N) is 4. The number of hydrogen-bond acceptors (Lipinski definition) is 5. The Morgan fingerprint density at radius 3 is 2.42 bits per heavy atom. The summed E-state index contributed by atoms with van der Waals surface area (Å²) in [6.07, 6.45) is 7.03. The number of nitrogens with one attached hydrogen (secondary N) is 2. The summed E-state index contributed by atoms with van der Waals surface area (Å²) in [4.78, 5) is 36.5. The minimum atomic E-state index is -0.000638. The average Bonchev–Trinajstić information content (AvgIpc) is 3.59. The second-order valence-electron chi connectivity index (χ2n) is 10.4. The molecule has 3 heterocycles. The van der Waals surface area contributed by atoms with Crippen molar-refractivity contribution in [2.75, 3.05) is 18.4 Å². The van der Waals surface area contributed by atoms with Gasteiger partial charge in [0.2, 0.25) is 5.95 Å². The third-order valence-corrected chi connectivity index (χ3v) is 6.89. The molecule has 180 valence electrons. The van der Waals surface area contributed by atoms with Crippen molar-refractivity contribution in [3.63, 3.8) is 0 Å². The minimum Gasteiger partial charge on any atom is -0.351 e. The smallest absolute Gasteiger partial charge is 0.317 e. The number of aromatic nitrogens is 3. The van der Waals surface area contributed by atoms with Crippen molar-refractivity contribution >= 4 is 23.0 Å². The van der Waals surface area contributed by atoms with Gasteiger partial charge in [-0.15, -0.1) is 0 Å². The van der Waals surface area contributed by atoms with Gasteiger partial charge in [0.1, 0.15) is 5.65 Å². The van der Waals surface area contributed by atoms with Crippen LogP contribution in [0.4, 0.5) is 10.7 Å². The highest BCUT2D eigenvalue weighted by molar-refractivity contribution is 5.79. The fraction of sp³-hybridized carbons (Fsp3) is 0.680. The van der Waals surface area contributed by atoms with E-state index in [0.29, 0.717) is 30.6 Å². The van der Waals surface area contributed by atoms with E-state index in [9.17, 15) is 9.59 Å². The number of urea groups is 1. The fourth-order valence-corrected chi connectivity index (χ4v) is 4.85. The Balaban J connectivity index is 1.53. The number of rotatable bonds is 7. The van der Waals surface area contributed by atoms with Crippen molar-refractivity contribution in [1.29, 1.82) is 0 Å². The van der Waals surface area contributed by atoms with E-state index < -0.39 is 0 Å². The first-order valence-electron chi connectivity index (χ1n) is 12.5. The minimum absolute atomic E-state index is 0.000638. The van der Waals surface area contributed by atoms with Crippen molar-refractivity contribution < 1.29 is 4.79 Å². The molecule has 1 aliphatic carbocycles. The lowest BCUT2D eigenvalue weighted by molar-refractivity contribution is 0.181. The molecule has 2 N–H and O–H groups in total. The van der Waals surface area contributed by atoms with Gasteiger partial charge in [-0.1, -0.05) is 6.92 Å². The third-order valence-electron chi connectivity index (χ3n) is 6.89. The topological polar surface area (TPSA) is 92.2 Å². The molecule has 2 aromatic heterocycles. The number of hydrogen-bond donors (Lipinski definition) is 2. The number of anilines is 1. The van der Waals surface area contributed by atoms with E-state index in [2.05, 4.69) is 22.5 Å². The third kappa shape index (κ3) is 5.47. The number of likely N-dealkylation sites (tertiary alicyclic amines) is 1. The number of fused-ring (bicyclic) bond motifs is 1. The Bertz CT molecular complexity index is 1050. The molecule has 33 heavy (non-hydrogen) atoms. The summed E-state index contributed by atoms with van der Waals surface area (Å²) in [5.41, 5.74) is 1.77. The SMILES string of the molecule is CC(C)NC(=O)N1CCC(Nc2ncc3c(CC(C)C4CC4)cc(=O)n(C(C)C)c3n2)CC1. The lowest BCUT2D eigenvalue weighted by Gasteiger charge is -2.33. The van der Waals surface area contributed by atoms with Crippen LogP contribution in [-0.4, -0.2) is 50.6 Å². The van der Waals surface area contributed by atoms with E-state index in [-0.39, 0.29) is 29.7 Å². The summed E-state index contributed by atoms with van der Waals surface area (Å²) in [5.74, 6) is 1.90. The van der Waals surface area contributed by atoms with Gasteiger partial charge in [0.05, 0.1) is 0 Å². The summed E-state index contributed by atoms with van der Waals surface area (Å²) < 4.78 is 1.77. The van der Waals surface area contributed by atoms with Gasteiger partial charge in [-0.3, -0.25) is 9.36 Å². The largest absolute Gasteiger partial charge is 0.351 e. The molecular weight excluding hydrogens is 416 g/mol. The predicted octanol–water partition coefficient (Wildman–Crippen LogP) is 3.96. The Hall–Kier alpha value is -2.64. The first-order valence-corrected chi connectivity index (χ1v) is 12.5. The van der Waals surface area contributed by atoms with Crippen molar-refractivity contribution in [3.05, 3.63) is 28.2 Å². The van der Waals surface area contributed by atoms with E-state index in [1.165, 1.54) is 12.8 Å². The van der Waals surface area contributed by atoms with Crippen molar-refractivity contribution in [2.45, 2.75) is 84.8 Å². The van der Waals surface area contributed by atoms with Crippen molar-refractivity contribution in [1.82, 2.24) is 24.8 Å². The van der Waals surface area contributed by atoms with Crippen LogP contribution in [0.1, 0.15) is 71.9 Å². The normalized spacial score (nSPS) is 18.2. The molecule has 2 aliphatic rings. The van der Waals surface area contributed by atoms with Gasteiger partial charge in [-0.05, 0) is 77.2 Å². The second kappa shape index (κ2) is 9.69. The number of amides is 2. The fourth-order valence-electron chi connectivity index (χ4n) is 4.85. The monoisotopic (exact) mass is 454 g/mol. The molecule has 8 nitrogen and oxygen atoms in total. The molecule has 2 amide bonds. The van der Waals surface area contributed by atoms with E-state index in [1.54, 1.807) is 10.6 Å². The maximum atomic E-state index is 13.0. The molecule has 8 heteroatoms. The van der Waals surface area contributed by atoms with Crippen LogP contribution >= 0.6 is 0 Å². The van der Waals surface area contributed by atoms with E-state index in [0.717, 1.165) is 36.1 Å². The van der Waals surface area contributed by atoms with Gasteiger partial charge in [-0.2, -0.15) is 4.98 Å². The number of carbonyl (C=O) groups is 1. The molecule has 1 atom stereocenters. The molecule has 1 aliphatic heterocycles. The number of pyridine rings is 1. The van der Waals surface area contributed by atoms with Crippen molar-refractivity contribution in [2.24, 2.45) is 11.8 Å². The first-order chi connectivity index (χ1) is 15.7. The van der Waals surface area contributed by atoms with E-state index in [1.807, 2.05) is 38.8 Å². The summed E-state index contributed by atoms with van der Waals surface area (Å²) >= 11 is 0. The van der Waals surface area contributed by atoms with Gasteiger partial charge in [0, 0.05) is 48.9 Å². The molecular formula is C25H38N6O2. The molecule has 2 aromatic rings. The second-order valence-corrected chi connectivity index (χ2v) is 10.4. The zero-order valence-corrected chi connectivity index (χ0v) is 20.6. The highest BCUT2D eigenvalue weighted by Gasteiger charge is 2.29. The van der Waals surface area contributed by atoms with Gasteiger partial charge in [0.25, 0.3) is 5.56 Å². The molecule has 0 spiro atoms. The predicted molar refractivity (Wildman–Crippen MR) is 132 cm³/mol. The standard InChI is InChI=1S/C25H38N6O2/c1-15(2)27-25(33)30-10-8-20(9-11-30)28-24-26-14-21-19(12-17(5)18-6-7-18)13-22(32)31(16(3)4)23(21)29-24/h13-18,20H,6-12H2,1-5H3,(H,27,33)(H,26,28,29). The molecule has 1 unspecified atom stereocenters. The van der Waals surface area contributed by atoms with Gasteiger partial charge < -0.3 is 15.5 Å². The highest BCUT2D eigenvalue weighted by Crippen LogP contribution is 2.38. The Kier molecular flexibility index (Phi) is 6.91. The maximum absolute atomic E-state index is 13.0. The Morgan fingerprint density at radius 2 is 1.82 bits per heavy atom. The Morgan fingerprint density at radius 1 is 1.12 bits per heavy atom. The quantitative estimate of drug-likeness (QED) is 0.661. The van der Waals surface area contributed by atoms with Crippen LogP contribution in [0, 0.1) is 11.8 Å². The molecule has 2 fully saturated rings. The van der Waals surface area contributed by atoms with Crippen LogP contribution in [-0.2, 0) is 6.42 Å². The van der Waals surface area contributed by atoms with Gasteiger partial charge >= 0.3 is 6.03 Å². The van der Waals surface area contributed by atoms with Crippen LogP contribution in [0.2, 0.25) is 0 Å². The number of piperidine rings is 1. The van der Waals surface area contributed by atoms with Crippen LogP contribution in [0.3, 0.4) is 0 Å². The van der Waals surface area contributed by atoms with E-state index >= 15 is 0 Å². The molecule has 4 rings (SSSR count). The highest BCUT2D eigenvalue weighted by atomic mass is 16.2. The molecule has 0 aromatic carbocycles. The van der Waals surface area contributed by atoms with Crippen LogP contribution < -0.4 is 16.2 Å². The summed E-state index contributed by atoms with van der Waals surface area (Å²) in [6.45, 7) is 11.6. The lowest BCUT2D eigenvalue weighted by atomic mass is 9.95. The molecule has 1 saturated carbocycles. The van der Waals surface area contributed by atoms with Crippen molar-refractivity contribution in [3.8, 4) is 0 Å². The first kappa shape index (κ1) is 23.5. The maximum Gasteiger partial charge on any atom is 0.317 e. The van der Waals surface area contributed by atoms with Crippen LogP contribution in [0.15, 0.2) is 17.1 Å². The Labute approximate surface area is 196 Å².